The van der Waals surface area contributed by atoms with Crippen LogP contribution >= 0.6 is 0 Å². The molecular formula is C13H20O3. The highest BCUT2D eigenvalue weighted by atomic mass is 16.6. The van der Waals surface area contributed by atoms with Crippen LogP contribution in [0.5, 0.6) is 0 Å². The van der Waals surface area contributed by atoms with Gasteiger partial charge in [0.15, 0.2) is 5.60 Å². The Morgan fingerprint density at radius 2 is 1.88 bits per heavy atom. The molecule has 0 N–H and O–H groups in total. The molecule has 0 aromatic rings. The van der Waals surface area contributed by atoms with E-state index in [4.69, 9.17) is 9.47 Å². The monoisotopic (exact) mass is 224 g/mol. The fraction of sp³-hybridized carbons (Fsp3) is 0.769. The second kappa shape index (κ2) is 4.47. The van der Waals surface area contributed by atoms with Crippen LogP contribution in [-0.4, -0.2) is 24.3 Å². The third-order valence-electron chi connectivity index (χ3n) is 3.10. The second-order valence-electron chi connectivity index (χ2n) is 4.88. The maximum absolute atomic E-state index is 11.1. The summed E-state index contributed by atoms with van der Waals surface area (Å²) >= 11 is 0. The van der Waals surface area contributed by atoms with E-state index in [2.05, 4.69) is 11.8 Å². The first-order chi connectivity index (χ1) is 7.31. The van der Waals surface area contributed by atoms with Gasteiger partial charge in [0, 0.05) is 20.0 Å². The fourth-order valence-corrected chi connectivity index (χ4v) is 1.25. The van der Waals surface area contributed by atoms with Crippen molar-refractivity contribution in [3.8, 4) is 11.8 Å². The molecule has 0 radical (unpaired) electrons. The van der Waals surface area contributed by atoms with Gasteiger partial charge in [-0.25, -0.2) is 0 Å². The molecule has 1 rings (SSSR count). The summed E-state index contributed by atoms with van der Waals surface area (Å²) in [5.41, 5.74) is -1.52. The zero-order valence-corrected chi connectivity index (χ0v) is 10.7. The van der Waals surface area contributed by atoms with Gasteiger partial charge < -0.3 is 9.47 Å². The van der Waals surface area contributed by atoms with Gasteiger partial charge >= 0.3 is 5.97 Å². The van der Waals surface area contributed by atoms with E-state index in [0.29, 0.717) is 5.92 Å². The molecule has 1 aliphatic rings. The lowest BCUT2D eigenvalue weighted by Crippen LogP contribution is -2.51. The Morgan fingerprint density at radius 1 is 1.31 bits per heavy atom. The topological polar surface area (TPSA) is 35.5 Å². The summed E-state index contributed by atoms with van der Waals surface area (Å²) < 4.78 is 10.7. The molecule has 90 valence electrons. The van der Waals surface area contributed by atoms with Crippen molar-refractivity contribution in [2.75, 3.05) is 7.11 Å². The van der Waals surface area contributed by atoms with Crippen molar-refractivity contribution >= 4 is 5.97 Å². The Hall–Kier alpha value is -1.01. The third kappa shape index (κ3) is 2.99. The van der Waals surface area contributed by atoms with E-state index in [9.17, 15) is 4.79 Å². The maximum atomic E-state index is 11.1. The van der Waals surface area contributed by atoms with Crippen molar-refractivity contribution in [2.24, 2.45) is 5.92 Å². The van der Waals surface area contributed by atoms with E-state index in [1.807, 2.05) is 13.8 Å². The van der Waals surface area contributed by atoms with Gasteiger partial charge in [-0.3, -0.25) is 4.79 Å². The maximum Gasteiger partial charge on any atom is 0.304 e. The van der Waals surface area contributed by atoms with Gasteiger partial charge in [-0.1, -0.05) is 11.8 Å². The molecule has 0 saturated heterocycles. The minimum atomic E-state index is -0.893. The predicted molar refractivity (Wildman–Crippen MR) is 61.8 cm³/mol. The summed E-state index contributed by atoms with van der Waals surface area (Å²) in [5, 5.41) is 0. The average molecular weight is 224 g/mol. The van der Waals surface area contributed by atoms with Crippen molar-refractivity contribution < 1.29 is 14.3 Å². The summed E-state index contributed by atoms with van der Waals surface area (Å²) in [6.45, 7) is 6.94. The number of ether oxygens (including phenoxy) is 2. The highest BCUT2D eigenvalue weighted by molar-refractivity contribution is 5.67. The molecule has 0 aromatic carbocycles. The van der Waals surface area contributed by atoms with Crippen LogP contribution in [0, 0.1) is 17.8 Å². The molecule has 1 atom stereocenters. The molecular weight excluding hydrogens is 204 g/mol. The van der Waals surface area contributed by atoms with Gasteiger partial charge in [0.25, 0.3) is 0 Å². The largest absolute Gasteiger partial charge is 0.443 e. The molecule has 0 amide bonds. The highest BCUT2D eigenvalue weighted by Crippen LogP contribution is 2.31. The summed E-state index contributed by atoms with van der Waals surface area (Å²) in [6.07, 6.45) is 2.30. The van der Waals surface area contributed by atoms with E-state index in [-0.39, 0.29) is 5.97 Å². The number of hydrogen-bond donors (Lipinski definition) is 0. The molecule has 1 fully saturated rings. The van der Waals surface area contributed by atoms with Crippen molar-refractivity contribution in [1.82, 2.24) is 0 Å². The number of carbonyl (C=O) groups excluding carboxylic acids is 1. The van der Waals surface area contributed by atoms with Crippen LogP contribution in [0.2, 0.25) is 0 Å². The van der Waals surface area contributed by atoms with Gasteiger partial charge in [0.05, 0.1) is 0 Å². The van der Waals surface area contributed by atoms with Crippen molar-refractivity contribution in [2.45, 2.75) is 51.7 Å². The fourth-order valence-electron chi connectivity index (χ4n) is 1.25. The Morgan fingerprint density at radius 3 is 2.25 bits per heavy atom. The number of rotatable bonds is 3. The SMILES string of the molecule is COC(C)(C)C(C)(C#CC1CC1)OC(C)=O. The quantitative estimate of drug-likeness (QED) is 0.544. The van der Waals surface area contributed by atoms with E-state index in [1.54, 1.807) is 14.0 Å². The first-order valence-electron chi connectivity index (χ1n) is 5.58. The van der Waals surface area contributed by atoms with Crippen LogP contribution < -0.4 is 0 Å². The van der Waals surface area contributed by atoms with Gasteiger partial charge in [-0.05, 0) is 33.6 Å². The van der Waals surface area contributed by atoms with Crippen LogP contribution in [-0.2, 0) is 14.3 Å². The van der Waals surface area contributed by atoms with Crippen LogP contribution in [0.3, 0.4) is 0 Å². The Balaban J connectivity index is 2.91. The first kappa shape index (κ1) is 13.1. The molecule has 0 spiro atoms. The lowest BCUT2D eigenvalue weighted by molar-refractivity contribution is -0.174. The van der Waals surface area contributed by atoms with Crippen molar-refractivity contribution in [3.63, 3.8) is 0 Å². The molecule has 16 heavy (non-hydrogen) atoms. The molecule has 1 saturated carbocycles. The van der Waals surface area contributed by atoms with Crippen LogP contribution in [0.1, 0.15) is 40.5 Å². The van der Waals surface area contributed by atoms with Crippen molar-refractivity contribution in [1.29, 1.82) is 0 Å². The summed E-state index contributed by atoms with van der Waals surface area (Å²) in [6, 6.07) is 0. The number of hydrogen-bond acceptors (Lipinski definition) is 3. The summed E-state index contributed by atoms with van der Waals surface area (Å²) in [7, 11) is 1.60. The van der Waals surface area contributed by atoms with Gasteiger partial charge in [-0.2, -0.15) is 0 Å². The molecule has 1 aliphatic carbocycles. The van der Waals surface area contributed by atoms with E-state index < -0.39 is 11.2 Å². The van der Waals surface area contributed by atoms with Gasteiger partial charge in [0.1, 0.15) is 5.60 Å². The number of esters is 1. The highest BCUT2D eigenvalue weighted by Gasteiger charge is 2.43. The average Bonchev–Trinajstić information content (AvgIpc) is 2.97. The Kier molecular flexibility index (Phi) is 3.64. The Labute approximate surface area is 97.5 Å². The molecule has 0 bridgehead atoms. The lowest BCUT2D eigenvalue weighted by atomic mass is 9.87. The molecule has 3 heteroatoms. The standard InChI is InChI=1S/C13H20O3/c1-10(14)16-13(4,12(2,3)15-5)9-8-11-6-7-11/h11H,6-7H2,1-5H3. The van der Waals surface area contributed by atoms with E-state index in [1.165, 1.54) is 6.92 Å². The van der Waals surface area contributed by atoms with Crippen LogP contribution in [0.4, 0.5) is 0 Å². The second-order valence-corrected chi connectivity index (χ2v) is 4.88. The molecule has 0 aromatic heterocycles. The zero-order valence-electron chi connectivity index (χ0n) is 10.7. The van der Waals surface area contributed by atoms with Crippen LogP contribution in [0.15, 0.2) is 0 Å². The van der Waals surface area contributed by atoms with E-state index >= 15 is 0 Å². The minimum Gasteiger partial charge on any atom is -0.443 e. The summed E-state index contributed by atoms with van der Waals surface area (Å²) in [5.74, 6) is 6.34. The van der Waals surface area contributed by atoms with Gasteiger partial charge in [-0.15, -0.1) is 0 Å². The van der Waals surface area contributed by atoms with Gasteiger partial charge in [0.2, 0.25) is 0 Å². The Bertz CT molecular complexity index is 331. The summed E-state index contributed by atoms with van der Waals surface area (Å²) in [4.78, 5) is 11.1. The van der Waals surface area contributed by atoms with Crippen LogP contribution in [0.25, 0.3) is 0 Å². The van der Waals surface area contributed by atoms with E-state index in [0.717, 1.165) is 12.8 Å². The molecule has 3 nitrogen and oxygen atoms in total. The molecule has 0 aliphatic heterocycles. The molecule has 1 unspecified atom stereocenters. The smallest absolute Gasteiger partial charge is 0.304 e. The van der Waals surface area contributed by atoms with Crippen molar-refractivity contribution in [3.05, 3.63) is 0 Å². The number of carbonyl (C=O) groups is 1. The first-order valence-corrected chi connectivity index (χ1v) is 5.58. The molecule has 0 heterocycles. The predicted octanol–water partition coefficient (Wildman–Crippen LogP) is 2.15. The minimum absolute atomic E-state index is 0.335. The lowest BCUT2D eigenvalue weighted by Gasteiger charge is -2.38. The third-order valence-corrected chi connectivity index (χ3v) is 3.10. The zero-order chi connectivity index (χ0) is 12.4. The number of methoxy groups -OCH3 is 1. The normalized spacial score (nSPS) is 19.3.